The molecular weight excluding hydrogens is 332 g/mol. The van der Waals surface area contributed by atoms with Crippen LogP contribution in [0.2, 0.25) is 0 Å². The summed E-state index contributed by atoms with van der Waals surface area (Å²) in [5.74, 6) is 0.176. The number of ether oxygens (including phenoxy) is 1. The summed E-state index contributed by atoms with van der Waals surface area (Å²) in [5, 5.41) is 3.33. The van der Waals surface area contributed by atoms with Gasteiger partial charge >= 0.3 is 7.12 Å². The minimum absolute atomic E-state index is 0.126. The summed E-state index contributed by atoms with van der Waals surface area (Å²) < 4.78 is 33.8. The van der Waals surface area contributed by atoms with Crippen LogP contribution >= 0.6 is 0 Å². The third-order valence-electron chi connectivity index (χ3n) is 6.40. The van der Waals surface area contributed by atoms with Crippen molar-refractivity contribution in [2.45, 2.75) is 70.2 Å². The molecule has 3 aliphatic rings. The van der Waals surface area contributed by atoms with Crippen LogP contribution in [0, 0.1) is 5.82 Å². The summed E-state index contributed by atoms with van der Waals surface area (Å²) in [5.41, 5.74) is 0.766. The molecule has 2 heterocycles. The zero-order valence-corrected chi connectivity index (χ0v) is 16.4. The van der Waals surface area contributed by atoms with E-state index in [1.807, 2.05) is 46.8 Å². The van der Waals surface area contributed by atoms with Gasteiger partial charge in [-0.15, -0.1) is 0 Å². The van der Waals surface area contributed by atoms with E-state index in [1.54, 1.807) is 0 Å². The van der Waals surface area contributed by atoms with Crippen LogP contribution in [0.25, 0.3) is 0 Å². The molecule has 1 N–H and O–H groups in total. The van der Waals surface area contributed by atoms with Crippen molar-refractivity contribution in [3.05, 3.63) is 29.1 Å². The lowest BCUT2D eigenvalue weighted by Gasteiger charge is -2.36. The molecule has 1 aromatic carbocycles. The summed E-state index contributed by atoms with van der Waals surface area (Å²) in [7, 11) is -0.489. The summed E-state index contributed by atoms with van der Waals surface area (Å²) in [6, 6.07) is 3.83. The van der Waals surface area contributed by atoms with Crippen molar-refractivity contribution in [1.82, 2.24) is 5.32 Å². The van der Waals surface area contributed by atoms with Crippen molar-refractivity contribution in [2.24, 2.45) is 0 Å². The number of hydrogen-bond donors (Lipinski definition) is 1. The van der Waals surface area contributed by atoms with E-state index >= 15 is 4.39 Å². The van der Waals surface area contributed by atoms with Crippen molar-refractivity contribution < 1.29 is 18.4 Å². The van der Waals surface area contributed by atoms with Gasteiger partial charge in [-0.3, -0.25) is 0 Å². The van der Waals surface area contributed by atoms with E-state index in [2.05, 4.69) is 5.32 Å². The second kappa shape index (κ2) is 6.03. The van der Waals surface area contributed by atoms with Crippen molar-refractivity contribution in [3.8, 4) is 0 Å². The topological polar surface area (TPSA) is 39.7 Å². The lowest BCUT2D eigenvalue weighted by atomic mass is 9.75. The SMILES string of the molecule is CC1(C)OB(c2cc(C3CC3)c(F)c([C@]3(C)CNCCO3)c2)OC1(C)C. The highest BCUT2D eigenvalue weighted by Gasteiger charge is 2.52. The van der Waals surface area contributed by atoms with E-state index in [4.69, 9.17) is 14.0 Å². The highest BCUT2D eigenvalue weighted by Crippen LogP contribution is 2.44. The number of hydrogen-bond acceptors (Lipinski definition) is 4. The molecule has 2 aliphatic heterocycles. The van der Waals surface area contributed by atoms with Gasteiger partial charge in [0, 0.05) is 18.7 Å². The van der Waals surface area contributed by atoms with Crippen molar-refractivity contribution >= 4 is 12.6 Å². The zero-order valence-electron chi connectivity index (χ0n) is 16.4. The first-order valence-electron chi connectivity index (χ1n) is 9.67. The van der Waals surface area contributed by atoms with Crippen LogP contribution in [0.4, 0.5) is 4.39 Å². The minimum Gasteiger partial charge on any atom is -0.399 e. The van der Waals surface area contributed by atoms with Crippen molar-refractivity contribution in [3.63, 3.8) is 0 Å². The first-order chi connectivity index (χ1) is 12.1. The van der Waals surface area contributed by atoms with E-state index in [9.17, 15) is 0 Å². The molecule has 0 bridgehead atoms. The fourth-order valence-electron chi connectivity index (χ4n) is 3.76. The first-order valence-corrected chi connectivity index (χ1v) is 9.67. The van der Waals surface area contributed by atoms with Gasteiger partial charge in [0.2, 0.25) is 0 Å². The molecule has 0 spiro atoms. The highest BCUT2D eigenvalue weighted by molar-refractivity contribution is 6.62. The summed E-state index contributed by atoms with van der Waals surface area (Å²) >= 11 is 0. The van der Waals surface area contributed by atoms with Gasteiger partial charge in [-0.25, -0.2) is 4.39 Å². The van der Waals surface area contributed by atoms with E-state index in [0.717, 1.165) is 30.4 Å². The van der Waals surface area contributed by atoms with Crippen LogP contribution in [0.1, 0.15) is 64.5 Å². The van der Waals surface area contributed by atoms with Crippen LogP contribution < -0.4 is 10.8 Å². The van der Waals surface area contributed by atoms with Gasteiger partial charge in [-0.1, -0.05) is 12.1 Å². The Bertz CT molecular complexity index is 695. The molecule has 0 aromatic heterocycles. The summed E-state index contributed by atoms with van der Waals surface area (Å²) in [6.07, 6.45) is 2.08. The maximum Gasteiger partial charge on any atom is 0.494 e. The van der Waals surface area contributed by atoms with Gasteiger partial charge < -0.3 is 19.4 Å². The Balaban J connectivity index is 1.76. The molecule has 6 heteroatoms. The van der Waals surface area contributed by atoms with E-state index in [0.29, 0.717) is 24.6 Å². The Morgan fingerprint density at radius 2 is 1.73 bits per heavy atom. The highest BCUT2D eigenvalue weighted by atomic mass is 19.1. The molecule has 4 rings (SSSR count). The van der Waals surface area contributed by atoms with Crippen molar-refractivity contribution in [2.75, 3.05) is 19.7 Å². The van der Waals surface area contributed by atoms with E-state index < -0.39 is 23.9 Å². The number of benzene rings is 1. The van der Waals surface area contributed by atoms with Gasteiger partial charge in [-0.05, 0) is 64.4 Å². The number of halogens is 1. The van der Waals surface area contributed by atoms with Crippen LogP contribution in [-0.4, -0.2) is 38.0 Å². The van der Waals surface area contributed by atoms with Gasteiger partial charge in [0.25, 0.3) is 0 Å². The Kier molecular flexibility index (Phi) is 4.27. The van der Waals surface area contributed by atoms with Crippen LogP contribution in [0.5, 0.6) is 0 Å². The predicted molar refractivity (Wildman–Crippen MR) is 100 cm³/mol. The lowest BCUT2D eigenvalue weighted by molar-refractivity contribution is -0.0593. The summed E-state index contributed by atoms with van der Waals surface area (Å²) in [4.78, 5) is 0. The average molecular weight is 361 g/mol. The van der Waals surface area contributed by atoms with E-state index in [-0.39, 0.29) is 5.82 Å². The second-order valence-electron chi connectivity index (χ2n) is 9.09. The molecule has 1 saturated carbocycles. The molecule has 142 valence electrons. The molecule has 26 heavy (non-hydrogen) atoms. The van der Waals surface area contributed by atoms with Gasteiger partial charge in [0.15, 0.2) is 0 Å². The third kappa shape index (κ3) is 3.01. The summed E-state index contributed by atoms with van der Waals surface area (Å²) in [6.45, 7) is 12.1. The number of nitrogens with one attached hydrogen (secondary N) is 1. The Morgan fingerprint density at radius 3 is 2.27 bits per heavy atom. The molecule has 0 unspecified atom stereocenters. The molecule has 1 atom stereocenters. The third-order valence-corrected chi connectivity index (χ3v) is 6.40. The van der Waals surface area contributed by atoms with Crippen LogP contribution in [-0.2, 0) is 19.6 Å². The number of morpholine rings is 1. The normalized spacial score (nSPS) is 30.6. The predicted octanol–water partition coefficient (Wildman–Crippen LogP) is 2.84. The molecule has 0 amide bonds. The monoisotopic (exact) mass is 361 g/mol. The lowest BCUT2D eigenvalue weighted by Crippen LogP contribution is -2.47. The maximum atomic E-state index is 15.4. The molecule has 4 nitrogen and oxygen atoms in total. The molecule has 3 fully saturated rings. The Hall–Kier alpha value is -0.945. The van der Waals surface area contributed by atoms with Gasteiger partial charge in [0.1, 0.15) is 11.4 Å². The average Bonchev–Trinajstić information content (AvgIpc) is 3.36. The Morgan fingerprint density at radius 1 is 1.08 bits per heavy atom. The van der Waals surface area contributed by atoms with Gasteiger partial charge in [0.05, 0.1) is 17.8 Å². The standard InChI is InChI=1S/C20H29BFNO3/c1-18(2)19(3,4)26-21(25-18)14-10-15(13-6-7-13)17(22)16(11-14)20(5)12-23-8-9-24-20/h10-11,13,23H,6-9,12H2,1-5H3/t20-/m0/s1. The van der Waals surface area contributed by atoms with Crippen LogP contribution in [0.3, 0.4) is 0 Å². The van der Waals surface area contributed by atoms with E-state index in [1.165, 1.54) is 0 Å². The fraction of sp³-hybridized carbons (Fsp3) is 0.700. The quantitative estimate of drug-likeness (QED) is 0.841. The molecule has 1 aromatic rings. The first kappa shape index (κ1) is 18.4. The molecule has 2 saturated heterocycles. The molecular formula is C20H29BFNO3. The van der Waals surface area contributed by atoms with Crippen molar-refractivity contribution in [1.29, 1.82) is 0 Å². The zero-order chi connectivity index (χ0) is 18.7. The minimum atomic E-state index is -0.675. The smallest absolute Gasteiger partial charge is 0.399 e. The molecule has 1 aliphatic carbocycles. The Labute approximate surface area is 155 Å². The van der Waals surface area contributed by atoms with Crippen LogP contribution in [0.15, 0.2) is 12.1 Å². The second-order valence-corrected chi connectivity index (χ2v) is 9.09. The fourth-order valence-corrected chi connectivity index (χ4v) is 3.76. The van der Waals surface area contributed by atoms with Gasteiger partial charge in [-0.2, -0.15) is 0 Å². The number of rotatable bonds is 3. The largest absolute Gasteiger partial charge is 0.494 e. The maximum absolute atomic E-state index is 15.4. The molecule has 0 radical (unpaired) electrons.